The molecule has 88 heavy (non-hydrogen) atoms. The molecular weight excluding hydrogens is 1110 g/mol. The summed E-state index contributed by atoms with van der Waals surface area (Å²) in [7, 11) is 0. The van der Waals surface area contributed by atoms with Crippen molar-refractivity contribution in [2.24, 2.45) is 0 Å². The molecule has 0 saturated heterocycles. The lowest BCUT2D eigenvalue weighted by Gasteiger charge is -2.27. The number of anilines is 12. The molecule has 0 bridgehead atoms. The van der Waals surface area contributed by atoms with E-state index in [1.54, 1.807) is 0 Å². The summed E-state index contributed by atoms with van der Waals surface area (Å²) >= 11 is 3.65. The molecule has 0 N–H and O–H groups in total. The Morgan fingerprint density at radius 1 is 0.159 bits per heavy atom. The fraction of sp³-hybridized carbons (Fsp3) is 0.0244. The number of benzene rings is 12. The van der Waals surface area contributed by atoms with Crippen LogP contribution < -0.4 is 19.6 Å². The maximum atomic E-state index is 2.36. The summed E-state index contributed by atoms with van der Waals surface area (Å²) in [4.78, 5) is 14.5. The number of thiophene rings is 2. The predicted molar refractivity (Wildman–Crippen MR) is 378 cm³/mol. The first-order valence-electron chi connectivity index (χ1n) is 29.8. The van der Waals surface area contributed by atoms with Crippen LogP contribution in [-0.4, -0.2) is 0 Å². The van der Waals surface area contributed by atoms with Crippen LogP contribution in [0.25, 0.3) is 54.3 Å². The highest BCUT2D eigenvalue weighted by Gasteiger charge is 2.19. The van der Waals surface area contributed by atoms with Crippen LogP contribution in [0.15, 0.2) is 340 Å². The molecule has 0 aliphatic rings. The van der Waals surface area contributed by atoms with Crippen LogP contribution in [0.2, 0.25) is 0 Å². The normalized spacial score (nSPS) is 11.1. The van der Waals surface area contributed by atoms with Crippen LogP contribution >= 0.6 is 22.7 Å². The largest absolute Gasteiger partial charge is 0.311 e. The van der Waals surface area contributed by atoms with Gasteiger partial charge in [0, 0.05) is 87.8 Å². The molecule has 0 radical (unpaired) electrons. The number of para-hydroxylation sites is 4. The van der Waals surface area contributed by atoms with Crippen molar-refractivity contribution in [3.63, 3.8) is 0 Å². The fourth-order valence-corrected chi connectivity index (χ4v) is 13.4. The van der Waals surface area contributed by atoms with Gasteiger partial charge in [-0.2, -0.15) is 0 Å². The zero-order valence-electron chi connectivity index (χ0n) is 48.9. The van der Waals surface area contributed by atoms with E-state index in [2.05, 4.69) is 373 Å². The molecule has 2 heterocycles. The number of aryl methyl sites for hydroxylation is 2. The van der Waals surface area contributed by atoms with Crippen molar-refractivity contribution in [2.75, 3.05) is 19.6 Å². The molecule has 0 aliphatic carbocycles. The summed E-state index contributed by atoms with van der Waals surface area (Å²) in [5, 5.41) is 0. The Kier molecular flexibility index (Phi) is 15.7. The van der Waals surface area contributed by atoms with Gasteiger partial charge in [0.25, 0.3) is 0 Å². The van der Waals surface area contributed by atoms with E-state index in [4.69, 9.17) is 0 Å². The second kappa shape index (κ2) is 25.1. The molecule has 0 amide bonds. The Morgan fingerprint density at radius 3 is 0.477 bits per heavy atom. The molecule has 0 spiro atoms. The van der Waals surface area contributed by atoms with Gasteiger partial charge in [-0.25, -0.2) is 0 Å². The van der Waals surface area contributed by atoms with Crippen molar-refractivity contribution in [1.82, 2.24) is 0 Å². The summed E-state index contributed by atoms with van der Waals surface area (Å²) in [5.74, 6) is 0. The summed E-state index contributed by atoms with van der Waals surface area (Å²) in [6, 6.07) is 123. The Morgan fingerprint density at radius 2 is 0.318 bits per heavy atom. The van der Waals surface area contributed by atoms with E-state index in [0.29, 0.717) is 0 Å². The molecule has 12 aromatic carbocycles. The lowest BCUT2D eigenvalue weighted by Crippen LogP contribution is -2.10. The molecular formula is C82H62N4S2. The van der Waals surface area contributed by atoms with Crippen molar-refractivity contribution < 1.29 is 0 Å². The highest BCUT2D eigenvalue weighted by atomic mass is 32.1. The van der Waals surface area contributed by atoms with Gasteiger partial charge in [-0.15, -0.1) is 22.7 Å². The maximum absolute atomic E-state index is 2.36. The Hall–Kier alpha value is -10.8. The molecule has 0 saturated carbocycles. The van der Waals surface area contributed by atoms with Gasteiger partial charge >= 0.3 is 0 Å². The minimum absolute atomic E-state index is 1.08. The van der Waals surface area contributed by atoms with E-state index >= 15 is 0 Å². The second-order valence-electron chi connectivity index (χ2n) is 21.9. The smallest absolute Gasteiger partial charge is 0.0462 e. The van der Waals surface area contributed by atoms with Crippen LogP contribution in [0.5, 0.6) is 0 Å². The number of hydrogen-bond donors (Lipinski definition) is 0. The van der Waals surface area contributed by atoms with Crippen molar-refractivity contribution >= 4 is 90.9 Å². The Bertz CT molecular complexity index is 4170. The first-order valence-corrected chi connectivity index (χ1v) is 31.4. The predicted octanol–water partition coefficient (Wildman–Crippen LogP) is 24.6. The SMILES string of the molecule is Cc1ccc(-c2ccc(N(c3ccc(-c4ccc(N(c5ccccc5)c5ccccc5)cc4)cc3)c3ccc(-c4ccc(N(c5ccc(-c6ccc(N(c7ccccc7)c7ccccc7)cc6)cc5)c5ccc(-c6ccc(C)s6)cc5)cc4)cc3)cc2)s1. The average molecular weight is 1170 g/mol. The van der Waals surface area contributed by atoms with Gasteiger partial charge in [0.05, 0.1) is 0 Å². The quantitative estimate of drug-likeness (QED) is 0.0901. The molecule has 0 unspecified atom stereocenters. The van der Waals surface area contributed by atoms with Crippen molar-refractivity contribution in [2.45, 2.75) is 13.8 Å². The van der Waals surface area contributed by atoms with E-state index in [1.165, 1.54) is 30.6 Å². The van der Waals surface area contributed by atoms with Crippen molar-refractivity contribution in [3.05, 3.63) is 349 Å². The van der Waals surface area contributed by atoms with E-state index in [9.17, 15) is 0 Å². The fourth-order valence-electron chi connectivity index (χ4n) is 11.6. The number of hydrogen-bond acceptors (Lipinski definition) is 6. The van der Waals surface area contributed by atoms with Crippen LogP contribution in [0.1, 0.15) is 9.75 Å². The summed E-state index contributed by atoms with van der Waals surface area (Å²) in [5.41, 5.74) is 22.5. The van der Waals surface area contributed by atoms with Gasteiger partial charge < -0.3 is 19.6 Å². The van der Waals surface area contributed by atoms with E-state index < -0.39 is 0 Å². The third-order valence-electron chi connectivity index (χ3n) is 16.1. The highest BCUT2D eigenvalue weighted by molar-refractivity contribution is 7.15. The second-order valence-corrected chi connectivity index (χ2v) is 24.5. The van der Waals surface area contributed by atoms with Gasteiger partial charge in [0.1, 0.15) is 0 Å². The lowest BCUT2D eigenvalue weighted by atomic mass is 10.0. The van der Waals surface area contributed by atoms with Gasteiger partial charge in [-0.1, -0.05) is 170 Å². The molecule has 0 aliphatic heterocycles. The topological polar surface area (TPSA) is 13.0 Å². The maximum Gasteiger partial charge on any atom is 0.0462 e. The molecule has 0 atom stereocenters. The first-order chi connectivity index (χ1) is 43.4. The number of rotatable bonds is 17. The zero-order chi connectivity index (χ0) is 59.2. The van der Waals surface area contributed by atoms with Gasteiger partial charge in [-0.3, -0.25) is 0 Å². The molecule has 422 valence electrons. The van der Waals surface area contributed by atoms with Crippen molar-refractivity contribution in [3.8, 4) is 54.3 Å². The van der Waals surface area contributed by atoms with E-state index in [0.717, 1.165) is 102 Å². The van der Waals surface area contributed by atoms with Crippen LogP contribution in [-0.2, 0) is 0 Å². The van der Waals surface area contributed by atoms with Gasteiger partial charge in [-0.05, 0) is 228 Å². The van der Waals surface area contributed by atoms with Crippen LogP contribution in [0.4, 0.5) is 68.2 Å². The van der Waals surface area contributed by atoms with Crippen molar-refractivity contribution in [1.29, 1.82) is 0 Å². The third-order valence-corrected chi connectivity index (χ3v) is 18.2. The highest BCUT2D eigenvalue weighted by Crippen LogP contribution is 2.43. The summed E-state index contributed by atoms with van der Waals surface area (Å²) < 4.78 is 0. The molecule has 0 fully saturated rings. The summed E-state index contributed by atoms with van der Waals surface area (Å²) in [6.07, 6.45) is 0. The van der Waals surface area contributed by atoms with E-state index in [1.807, 2.05) is 22.7 Å². The van der Waals surface area contributed by atoms with Crippen LogP contribution in [0, 0.1) is 13.8 Å². The van der Waals surface area contributed by atoms with Gasteiger partial charge in [0.2, 0.25) is 0 Å². The standard InChI is InChI=1S/C82H62N4S2/c1-59-23-57-81(87-59)67-37-53-79(54-38-67)85(75-45-29-63(30-46-75)61-25-41-73(42-26-61)83(69-15-7-3-8-16-69)70-17-9-4-10-18-70)77-49-33-65(34-50-77)66-35-51-78(52-36-66)86(80-55-39-68(40-56-80)82-58-24-60(2)88-82)76-47-31-64(32-48-76)62-27-43-74(44-28-62)84(71-19-11-5-12-20-71)72-21-13-6-14-22-72/h3-58H,1-2H3. The molecule has 4 nitrogen and oxygen atoms in total. The Balaban J connectivity index is 0.745. The van der Waals surface area contributed by atoms with E-state index in [-0.39, 0.29) is 0 Å². The minimum atomic E-state index is 1.08. The lowest BCUT2D eigenvalue weighted by molar-refractivity contribution is 1.28. The molecule has 14 aromatic rings. The van der Waals surface area contributed by atoms with Crippen LogP contribution in [0.3, 0.4) is 0 Å². The minimum Gasteiger partial charge on any atom is -0.311 e. The third kappa shape index (κ3) is 11.8. The number of nitrogens with zero attached hydrogens (tertiary/aromatic N) is 4. The average Bonchev–Trinajstić information content (AvgIpc) is 2.54. The van der Waals surface area contributed by atoms with Gasteiger partial charge in [0.15, 0.2) is 0 Å². The molecule has 2 aromatic heterocycles. The molecule has 6 heteroatoms. The zero-order valence-corrected chi connectivity index (χ0v) is 50.6. The Labute approximate surface area is 524 Å². The summed E-state index contributed by atoms with van der Waals surface area (Å²) in [6.45, 7) is 4.33. The molecule has 14 rings (SSSR count). The first kappa shape index (κ1) is 55.1. The monoisotopic (exact) mass is 1170 g/mol.